The molecule has 0 aliphatic heterocycles. The number of halogens is 3. The number of hydrogen-bond donors (Lipinski definition) is 0. The maximum Gasteiger partial charge on any atom is 0.103 e. The third-order valence-electron chi connectivity index (χ3n) is 3.83. The molecule has 0 amide bonds. The summed E-state index contributed by atoms with van der Waals surface area (Å²) in [5.74, 6) is 0. The van der Waals surface area contributed by atoms with Gasteiger partial charge in [0.25, 0.3) is 0 Å². The largest absolute Gasteiger partial charge is 0.229 e. The number of para-hydroxylation sites is 1. The van der Waals surface area contributed by atoms with Crippen LogP contribution >= 0.6 is 34.8 Å². The van der Waals surface area contributed by atoms with Gasteiger partial charge in [-0.15, -0.1) is 0 Å². The van der Waals surface area contributed by atoms with Crippen molar-refractivity contribution in [3.05, 3.63) is 81.8 Å². The van der Waals surface area contributed by atoms with Gasteiger partial charge in [0, 0.05) is 16.0 Å². The summed E-state index contributed by atoms with van der Waals surface area (Å²) in [6.45, 7) is 0. The molecule has 4 rings (SSSR count). The first-order valence-electron chi connectivity index (χ1n) is 7.33. The van der Waals surface area contributed by atoms with Gasteiger partial charge in [0.15, 0.2) is 0 Å². The first kappa shape index (κ1) is 15.5. The van der Waals surface area contributed by atoms with Gasteiger partial charge in [-0.25, -0.2) is 4.68 Å². The van der Waals surface area contributed by atoms with Crippen LogP contribution in [0, 0.1) is 0 Å². The molecule has 5 heteroatoms. The lowest BCUT2D eigenvalue weighted by atomic mass is 10.1. The molecule has 0 atom stereocenters. The van der Waals surface area contributed by atoms with E-state index >= 15 is 0 Å². The fourth-order valence-corrected chi connectivity index (χ4v) is 3.76. The summed E-state index contributed by atoms with van der Waals surface area (Å²) in [6.07, 6.45) is 0. The lowest BCUT2D eigenvalue weighted by molar-refractivity contribution is 0.915. The molecule has 4 aromatic rings. The molecule has 0 saturated heterocycles. The standard InChI is InChI=1S/C19H11Cl3N2/c20-13-10-15(21)19(16(22)11-13)24-17-9-5-4-8-14(17)18(23-24)12-6-2-1-3-7-12/h1-11H. The van der Waals surface area contributed by atoms with E-state index in [-0.39, 0.29) is 0 Å². The van der Waals surface area contributed by atoms with E-state index in [1.807, 2.05) is 54.6 Å². The van der Waals surface area contributed by atoms with Gasteiger partial charge in [0.2, 0.25) is 0 Å². The summed E-state index contributed by atoms with van der Waals surface area (Å²) < 4.78 is 1.78. The lowest BCUT2D eigenvalue weighted by Crippen LogP contribution is -1.99. The van der Waals surface area contributed by atoms with Gasteiger partial charge in [-0.1, -0.05) is 83.3 Å². The molecule has 2 nitrogen and oxygen atoms in total. The highest BCUT2D eigenvalue weighted by molar-refractivity contribution is 6.40. The molecule has 0 N–H and O–H groups in total. The minimum Gasteiger partial charge on any atom is -0.229 e. The molecule has 0 aliphatic rings. The van der Waals surface area contributed by atoms with Crippen LogP contribution in [0.4, 0.5) is 0 Å². The molecular weight excluding hydrogens is 363 g/mol. The smallest absolute Gasteiger partial charge is 0.103 e. The maximum atomic E-state index is 6.40. The van der Waals surface area contributed by atoms with Gasteiger partial charge in [0.05, 0.1) is 15.6 Å². The predicted molar refractivity (Wildman–Crippen MR) is 102 cm³/mol. The number of rotatable bonds is 2. The summed E-state index contributed by atoms with van der Waals surface area (Å²) in [6, 6.07) is 21.4. The summed E-state index contributed by atoms with van der Waals surface area (Å²) >= 11 is 18.8. The Morgan fingerprint density at radius 3 is 2.08 bits per heavy atom. The second-order valence-electron chi connectivity index (χ2n) is 5.36. The Labute approximate surface area is 154 Å². The molecule has 24 heavy (non-hydrogen) atoms. The molecule has 0 unspecified atom stereocenters. The minimum absolute atomic E-state index is 0.459. The number of aromatic nitrogens is 2. The van der Waals surface area contributed by atoms with E-state index in [2.05, 4.69) is 0 Å². The second kappa shape index (κ2) is 6.14. The number of benzene rings is 3. The molecule has 0 saturated carbocycles. The van der Waals surface area contributed by atoms with Gasteiger partial charge >= 0.3 is 0 Å². The van der Waals surface area contributed by atoms with Crippen LogP contribution in [0.5, 0.6) is 0 Å². The van der Waals surface area contributed by atoms with Crippen LogP contribution in [-0.4, -0.2) is 9.78 Å². The van der Waals surface area contributed by atoms with Gasteiger partial charge in [-0.2, -0.15) is 5.10 Å². The monoisotopic (exact) mass is 372 g/mol. The van der Waals surface area contributed by atoms with Crippen molar-refractivity contribution in [2.75, 3.05) is 0 Å². The van der Waals surface area contributed by atoms with Crippen molar-refractivity contribution in [3.8, 4) is 16.9 Å². The third kappa shape index (κ3) is 2.57. The fraction of sp³-hybridized carbons (Fsp3) is 0. The normalized spacial score (nSPS) is 11.1. The van der Waals surface area contributed by atoms with Crippen molar-refractivity contribution < 1.29 is 0 Å². The van der Waals surface area contributed by atoms with Crippen LogP contribution in [0.2, 0.25) is 15.1 Å². The zero-order valence-corrected chi connectivity index (χ0v) is 14.6. The Morgan fingerprint density at radius 1 is 0.750 bits per heavy atom. The predicted octanol–water partition coefficient (Wildman–Crippen LogP) is 6.65. The number of fused-ring (bicyclic) bond motifs is 1. The van der Waals surface area contributed by atoms with Crippen LogP contribution in [-0.2, 0) is 0 Å². The highest BCUT2D eigenvalue weighted by Crippen LogP contribution is 2.36. The molecule has 0 radical (unpaired) electrons. The number of nitrogens with zero attached hydrogens (tertiary/aromatic N) is 2. The molecule has 1 aromatic heterocycles. The van der Waals surface area contributed by atoms with Gasteiger partial charge in [-0.05, 0) is 18.2 Å². The Kier molecular flexibility index (Phi) is 3.97. The highest BCUT2D eigenvalue weighted by atomic mass is 35.5. The third-order valence-corrected chi connectivity index (χ3v) is 4.62. The van der Waals surface area contributed by atoms with E-state index in [1.54, 1.807) is 16.8 Å². The van der Waals surface area contributed by atoms with Gasteiger partial charge < -0.3 is 0 Å². The molecular formula is C19H11Cl3N2. The zero-order valence-electron chi connectivity index (χ0n) is 12.4. The maximum absolute atomic E-state index is 6.40. The molecule has 118 valence electrons. The lowest BCUT2D eigenvalue weighted by Gasteiger charge is -2.09. The zero-order chi connectivity index (χ0) is 16.7. The Bertz CT molecular complexity index is 1020. The first-order chi connectivity index (χ1) is 11.6. The summed E-state index contributed by atoms with van der Waals surface area (Å²) in [5.41, 5.74) is 3.48. The molecule has 1 heterocycles. The highest BCUT2D eigenvalue weighted by Gasteiger charge is 2.17. The Morgan fingerprint density at radius 2 is 1.38 bits per heavy atom. The Hall–Kier alpha value is -2.00. The summed E-state index contributed by atoms with van der Waals surface area (Å²) in [5, 5.41) is 7.23. The quantitative estimate of drug-likeness (QED) is 0.384. The van der Waals surface area contributed by atoms with Crippen LogP contribution in [0.15, 0.2) is 66.7 Å². The molecule has 0 spiro atoms. The minimum atomic E-state index is 0.459. The topological polar surface area (TPSA) is 17.8 Å². The van der Waals surface area contributed by atoms with Crippen molar-refractivity contribution >= 4 is 45.7 Å². The number of hydrogen-bond acceptors (Lipinski definition) is 1. The van der Waals surface area contributed by atoms with Crippen LogP contribution in [0.1, 0.15) is 0 Å². The van der Waals surface area contributed by atoms with Crippen molar-refractivity contribution in [2.24, 2.45) is 0 Å². The van der Waals surface area contributed by atoms with Crippen molar-refractivity contribution in [3.63, 3.8) is 0 Å². The average molecular weight is 374 g/mol. The Balaban J connectivity index is 2.05. The fourth-order valence-electron chi connectivity index (χ4n) is 2.78. The summed E-state index contributed by atoms with van der Waals surface area (Å²) in [7, 11) is 0. The van der Waals surface area contributed by atoms with Crippen molar-refractivity contribution in [2.45, 2.75) is 0 Å². The van der Waals surface area contributed by atoms with Crippen molar-refractivity contribution in [1.82, 2.24) is 9.78 Å². The van der Waals surface area contributed by atoms with Gasteiger partial charge in [-0.3, -0.25) is 0 Å². The van der Waals surface area contributed by atoms with Gasteiger partial charge in [0.1, 0.15) is 11.4 Å². The van der Waals surface area contributed by atoms with Crippen LogP contribution in [0.3, 0.4) is 0 Å². The van der Waals surface area contributed by atoms with E-state index in [9.17, 15) is 0 Å². The average Bonchev–Trinajstić information content (AvgIpc) is 2.94. The first-order valence-corrected chi connectivity index (χ1v) is 8.46. The molecule has 3 aromatic carbocycles. The van der Waals surface area contributed by atoms with E-state index in [1.165, 1.54) is 0 Å². The van der Waals surface area contributed by atoms with E-state index in [0.717, 1.165) is 22.2 Å². The van der Waals surface area contributed by atoms with E-state index in [0.29, 0.717) is 20.8 Å². The molecule has 0 aliphatic carbocycles. The van der Waals surface area contributed by atoms with Crippen LogP contribution < -0.4 is 0 Å². The summed E-state index contributed by atoms with van der Waals surface area (Å²) in [4.78, 5) is 0. The molecule has 0 fully saturated rings. The molecule has 0 bridgehead atoms. The van der Waals surface area contributed by atoms with Crippen LogP contribution in [0.25, 0.3) is 27.8 Å². The van der Waals surface area contributed by atoms with E-state index < -0.39 is 0 Å². The van der Waals surface area contributed by atoms with Crippen molar-refractivity contribution in [1.29, 1.82) is 0 Å². The van der Waals surface area contributed by atoms with E-state index in [4.69, 9.17) is 39.9 Å². The second-order valence-corrected chi connectivity index (χ2v) is 6.61. The SMILES string of the molecule is Clc1cc(Cl)c(-n2nc(-c3ccccc3)c3ccccc32)c(Cl)c1.